The van der Waals surface area contributed by atoms with Gasteiger partial charge in [0.1, 0.15) is 13.1 Å². The number of amides is 1. The molecule has 7 nitrogen and oxygen atoms in total. The molecule has 1 heterocycles. The number of nitrogens with one attached hydrogen (secondary N) is 1. The van der Waals surface area contributed by atoms with Gasteiger partial charge in [-0.1, -0.05) is 26.2 Å². The Bertz CT molecular complexity index is 1020. The van der Waals surface area contributed by atoms with Crippen molar-refractivity contribution < 1.29 is 22.7 Å². The van der Waals surface area contributed by atoms with Crippen LogP contribution in [0.1, 0.15) is 0 Å². The summed E-state index contributed by atoms with van der Waals surface area (Å²) in [5, 5.41) is 2.84. The molecule has 1 aromatic heterocycles. The van der Waals surface area contributed by atoms with E-state index in [4.69, 9.17) is 4.74 Å². The number of fused-ring (bicyclic) bond motifs is 1. The van der Waals surface area contributed by atoms with Crippen LogP contribution in [-0.4, -0.2) is 49.9 Å². The minimum absolute atomic E-state index is 0.0364. The van der Waals surface area contributed by atoms with Gasteiger partial charge in [-0.3, -0.25) is 19.1 Å². The number of hydrogen-bond acceptors (Lipinski definition) is 5. The summed E-state index contributed by atoms with van der Waals surface area (Å²) >= 11 is 0. The maximum atomic E-state index is 13.1. The summed E-state index contributed by atoms with van der Waals surface area (Å²) in [6, 6.07) is 4.87. The lowest BCUT2D eigenvalue weighted by Gasteiger charge is -2.25. The van der Waals surface area contributed by atoms with Gasteiger partial charge in [0.2, 0.25) is 0 Å². The minimum atomic E-state index is -5.06. The number of aromatic nitrogens is 2. The zero-order valence-electron chi connectivity index (χ0n) is 18.0. The second kappa shape index (κ2) is 9.65. The molecule has 0 unspecified atom stereocenters. The minimum Gasteiger partial charge on any atom is -0.390 e. The number of rotatable bonds is 9. The Kier molecular flexibility index (Phi) is 7.66. The van der Waals surface area contributed by atoms with E-state index < -0.39 is 20.2 Å². The molecule has 2 aromatic rings. The monoisotopic (exact) mass is 456 g/mol. The Hall–Kier alpha value is -2.66. The molecule has 31 heavy (non-hydrogen) atoms. The summed E-state index contributed by atoms with van der Waals surface area (Å²) in [6.45, 7) is 10.4. The molecule has 0 saturated carbocycles. The van der Waals surface area contributed by atoms with E-state index in [0.717, 1.165) is 6.04 Å². The van der Waals surface area contributed by atoms with Crippen LogP contribution in [0.2, 0.25) is 25.7 Å². The van der Waals surface area contributed by atoms with Gasteiger partial charge in [0.25, 0.3) is 5.56 Å². The quantitative estimate of drug-likeness (QED) is 0.463. The highest BCUT2D eigenvalue weighted by Gasteiger charge is 2.43. The van der Waals surface area contributed by atoms with E-state index in [2.05, 4.69) is 36.5 Å². The van der Waals surface area contributed by atoms with Crippen LogP contribution in [0.15, 0.2) is 41.6 Å². The second-order valence-electron chi connectivity index (χ2n) is 8.31. The molecule has 0 spiro atoms. The summed E-state index contributed by atoms with van der Waals surface area (Å²) < 4.78 is 46.1. The van der Waals surface area contributed by atoms with Gasteiger partial charge in [-0.25, -0.2) is 4.98 Å². The van der Waals surface area contributed by atoms with Crippen LogP contribution in [0.5, 0.6) is 0 Å². The molecule has 11 heteroatoms. The van der Waals surface area contributed by atoms with Gasteiger partial charge < -0.3 is 10.1 Å². The smallest absolute Gasteiger partial charge is 0.390 e. The molecule has 0 atom stereocenters. The Morgan fingerprint density at radius 1 is 1.32 bits per heavy atom. The van der Waals surface area contributed by atoms with Gasteiger partial charge in [-0.05, 0) is 24.2 Å². The van der Waals surface area contributed by atoms with Crippen molar-refractivity contribution in [2.45, 2.75) is 38.6 Å². The highest BCUT2D eigenvalue weighted by atomic mass is 28.3. The molecule has 0 radical (unpaired) electrons. The molecular formula is C20H27F3N4O3Si. The number of likely N-dealkylation sites (N-methyl/N-ethyl adjacent to an activating group) is 1. The molecule has 0 aliphatic heterocycles. The summed E-state index contributed by atoms with van der Waals surface area (Å²) in [7, 11) is 0.237. The lowest BCUT2D eigenvalue weighted by Crippen LogP contribution is -2.43. The third kappa shape index (κ3) is 6.66. The highest BCUT2D eigenvalue weighted by Crippen LogP contribution is 2.26. The predicted molar refractivity (Wildman–Crippen MR) is 117 cm³/mol. The van der Waals surface area contributed by atoms with Crippen LogP contribution in [0.3, 0.4) is 0 Å². The van der Waals surface area contributed by atoms with Crippen molar-refractivity contribution in [1.82, 2.24) is 14.9 Å². The SMILES string of the molecule is C=C(CN(C(=O)C(F)(F)F)c1ccc2c(=O)n(COCC[Si](C)(C)C)cnc2c1)NC. The predicted octanol–water partition coefficient (Wildman–Crippen LogP) is 3.34. The van der Waals surface area contributed by atoms with Crippen LogP contribution in [0.4, 0.5) is 18.9 Å². The Balaban J connectivity index is 2.31. The Morgan fingerprint density at radius 3 is 2.58 bits per heavy atom. The van der Waals surface area contributed by atoms with E-state index in [-0.39, 0.29) is 41.1 Å². The van der Waals surface area contributed by atoms with Crippen molar-refractivity contribution >= 4 is 30.6 Å². The summed E-state index contributed by atoms with van der Waals surface area (Å²) in [5.74, 6) is -2.03. The number of hydrogen-bond donors (Lipinski definition) is 1. The molecule has 170 valence electrons. The first-order valence-electron chi connectivity index (χ1n) is 9.64. The van der Waals surface area contributed by atoms with Crippen molar-refractivity contribution in [3.8, 4) is 0 Å². The third-order valence-electron chi connectivity index (χ3n) is 4.54. The number of carbonyl (C=O) groups is 1. The van der Waals surface area contributed by atoms with Crippen LogP contribution >= 0.6 is 0 Å². The van der Waals surface area contributed by atoms with E-state index in [1.54, 1.807) is 0 Å². The fourth-order valence-electron chi connectivity index (χ4n) is 2.65. The van der Waals surface area contributed by atoms with E-state index in [0.29, 0.717) is 11.5 Å². The summed E-state index contributed by atoms with van der Waals surface area (Å²) in [4.78, 5) is 29.3. The van der Waals surface area contributed by atoms with Gasteiger partial charge in [-0.2, -0.15) is 13.2 Å². The number of anilines is 1. The summed E-state index contributed by atoms with van der Waals surface area (Å²) in [5.41, 5.74) is -0.0208. The maximum absolute atomic E-state index is 13.1. The number of carbonyl (C=O) groups excluding carboxylic acids is 1. The lowest BCUT2D eigenvalue weighted by atomic mass is 10.2. The molecule has 0 saturated heterocycles. The molecule has 0 aliphatic carbocycles. The number of benzene rings is 1. The van der Waals surface area contributed by atoms with Crippen molar-refractivity contribution in [3.05, 3.63) is 47.2 Å². The van der Waals surface area contributed by atoms with Crippen molar-refractivity contribution in [2.75, 3.05) is 25.1 Å². The van der Waals surface area contributed by atoms with E-state index in [9.17, 15) is 22.8 Å². The number of ether oxygens (including phenoxy) is 1. The van der Waals surface area contributed by atoms with Gasteiger partial charge >= 0.3 is 12.1 Å². The number of halogens is 3. The van der Waals surface area contributed by atoms with Gasteiger partial charge in [0.15, 0.2) is 0 Å². The largest absolute Gasteiger partial charge is 0.471 e. The first-order valence-corrected chi connectivity index (χ1v) is 13.4. The lowest BCUT2D eigenvalue weighted by molar-refractivity contribution is -0.170. The molecule has 0 bridgehead atoms. The van der Waals surface area contributed by atoms with E-state index >= 15 is 0 Å². The molecule has 0 aliphatic rings. The number of nitrogens with zero attached hydrogens (tertiary/aromatic N) is 3. The average molecular weight is 457 g/mol. The zero-order valence-corrected chi connectivity index (χ0v) is 19.0. The molecular weight excluding hydrogens is 429 g/mol. The van der Waals surface area contributed by atoms with Crippen LogP contribution in [-0.2, 0) is 16.3 Å². The van der Waals surface area contributed by atoms with E-state index in [1.165, 1.54) is 36.1 Å². The molecule has 0 fully saturated rings. The Labute approximate surface area is 179 Å². The average Bonchev–Trinajstić information content (AvgIpc) is 2.68. The normalized spacial score (nSPS) is 12.1. The van der Waals surface area contributed by atoms with E-state index in [1.807, 2.05) is 0 Å². The van der Waals surface area contributed by atoms with Gasteiger partial charge in [0, 0.05) is 33.1 Å². The first kappa shape index (κ1) is 24.6. The van der Waals surface area contributed by atoms with Crippen molar-refractivity contribution in [3.63, 3.8) is 0 Å². The van der Waals surface area contributed by atoms with Crippen molar-refractivity contribution in [1.29, 1.82) is 0 Å². The van der Waals surface area contributed by atoms with Crippen LogP contribution < -0.4 is 15.8 Å². The van der Waals surface area contributed by atoms with Crippen molar-refractivity contribution in [2.24, 2.45) is 0 Å². The third-order valence-corrected chi connectivity index (χ3v) is 6.24. The topological polar surface area (TPSA) is 76.5 Å². The Morgan fingerprint density at radius 2 is 2.00 bits per heavy atom. The molecule has 2 rings (SSSR count). The van der Waals surface area contributed by atoms with Crippen LogP contribution in [0, 0.1) is 0 Å². The van der Waals surface area contributed by atoms with Gasteiger partial charge in [-0.15, -0.1) is 0 Å². The molecule has 1 N–H and O–H groups in total. The van der Waals surface area contributed by atoms with Gasteiger partial charge in [0.05, 0.1) is 17.4 Å². The highest BCUT2D eigenvalue weighted by molar-refractivity contribution is 6.76. The van der Waals surface area contributed by atoms with Crippen LogP contribution in [0.25, 0.3) is 10.9 Å². The second-order valence-corrected chi connectivity index (χ2v) is 13.9. The maximum Gasteiger partial charge on any atom is 0.471 e. The fraction of sp³-hybridized carbons (Fsp3) is 0.450. The zero-order chi connectivity index (χ0) is 23.4. The standard InChI is InChI=1S/C20H27F3N4O3Si/c1-14(24-2)11-27(19(29)20(21,22)23)15-6-7-16-17(10-15)25-12-26(18(16)28)13-30-8-9-31(3,4)5/h6-7,10,12,24H,1,8-9,11,13H2,2-5H3. The summed E-state index contributed by atoms with van der Waals surface area (Å²) in [6.07, 6.45) is -3.78. The molecule has 1 amide bonds. The molecule has 1 aromatic carbocycles. The number of alkyl halides is 3. The first-order chi connectivity index (χ1) is 14.3. The fourth-order valence-corrected chi connectivity index (χ4v) is 3.41.